The summed E-state index contributed by atoms with van der Waals surface area (Å²) >= 11 is 0. The fourth-order valence-corrected chi connectivity index (χ4v) is 6.56. The van der Waals surface area contributed by atoms with E-state index in [-0.39, 0.29) is 36.7 Å². The molecule has 0 spiro atoms. The number of nitriles is 1. The second-order valence-electron chi connectivity index (χ2n) is 12.4. The maximum absolute atomic E-state index is 12.8. The zero-order chi connectivity index (χ0) is 29.9. The normalized spacial score (nSPS) is 21.9. The largest absolute Gasteiger partial charge is 0.491 e. The molecule has 1 atom stereocenters. The van der Waals surface area contributed by atoms with Gasteiger partial charge >= 0.3 is 0 Å². The number of nitrogens with zero attached hydrogens (tertiary/aromatic N) is 6. The van der Waals surface area contributed by atoms with Crippen molar-refractivity contribution >= 4 is 17.5 Å². The van der Waals surface area contributed by atoms with Crippen LogP contribution in [0.1, 0.15) is 85.1 Å². The van der Waals surface area contributed by atoms with Crippen LogP contribution in [0, 0.1) is 11.3 Å². The molecule has 2 saturated carbocycles. The number of rotatable bonds is 11. The van der Waals surface area contributed by atoms with E-state index in [1.165, 1.54) is 0 Å². The van der Waals surface area contributed by atoms with Crippen LogP contribution in [0.15, 0.2) is 18.2 Å². The molecule has 2 aliphatic carbocycles. The lowest BCUT2D eigenvalue weighted by Gasteiger charge is -2.48. The summed E-state index contributed by atoms with van der Waals surface area (Å²) in [6, 6.07) is 8.95. The summed E-state index contributed by atoms with van der Waals surface area (Å²) < 4.78 is 5.75. The van der Waals surface area contributed by atoms with Gasteiger partial charge in [-0.3, -0.25) is 14.6 Å². The van der Waals surface area contributed by atoms with Crippen molar-refractivity contribution in [1.82, 2.24) is 25.1 Å². The Kier molecular flexibility index (Phi) is 8.98. The highest BCUT2D eigenvalue weighted by molar-refractivity contribution is 5.97. The SMILES string of the molecule is CC[C@H]1CN(c2nc(N)c(C(=O)NC3CC3)nc2C2CC2)CCN1C1CCN(Cc2ccc(C#N)cc2OCCO)CC1. The van der Waals surface area contributed by atoms with Crippen LogP contribution in [-0.4, -0.2) is 94.8 Å². The van der Waals surface area contributed by atoms with E-state index in [0.29, 0.717) is 29.3 Å². The number of nitrogens with one attached hydrogen (secondary N) is 1. The zero-order valence-electron chi connectivity index (χ0n) is 25.2. The molecule has 6 rings (SSSR count). The average molecular weight is 589 g/mol. The van der Waals surface area contributed by atoms with Crippen molar-refractivity contribution in [3.8, 4) is 11.8 Å². The number of carbonyl (C=O) groups is 1. The Hall–Kier alpha value is -3.46. The number of likely N-dealkylation sites (tertiary alicyclic amines) is 1. The van der Waals surface area contributed by atoms with Crippen LogP contribution in [-0.2, 0) is 6.54 Å². The van der Waals surface area contributed by atoms with E-state index in [9.17, 15) is 15.2 Å². The molecule has 11 heteroatoms. The van der Waals surface area contributed by atoms with Gasteiger partial charge in [-0.2, -0.15) is 5.26 Å². The number of nitrogen functional groups attached to an aromatic ring is 1. The minimum atomic E-state index is -0.198. The van der Waals surface area contributed by atoms with E-state index >= 15 is 0 Å². The lowest BCUT2D eigenvalue weighted by Crippen LogP contribution is -2.58. The Morgan fingerprint density at radius 3 is 2.60 bits per heavy atom. The number of nitrogens with two attached hydrogens (primary N) is 1. The fourth-order valence-electron chi connectivity index (χ4n) is 6.56. The summed E-state index contributed by atoms with van der Waals surface area (Å²) in [5, 5.41) is 21.5. The molecule has 3 heterocycles. The molecule has 0 radical (unpaired) electrons. The maximum Gasteiger partial charge on any atom is 0.273 e. The van der Waals surface area contributed by atoms with Crippen LogP contribution in [0.4, 0.5) is 11.6 Å². The van der Waals surface area contributed by atoms with Crippen molar-refractivity contribution < 1.29 is 14.6 Å². The molecule has 1 aromatic carbocycles. The van der Waals surface area contributed by atoms with E-state index in [1.807, 2.05) is 12.1 Å². The van der Waals surface area contributed by atoms with Crippen LogP contribution < -0.4 is 20.7 Å². The minimum absolute atomic E-state index is 0.0574. The lowest BCUT2D eigenvalue weighted by molar-refractivity contribution is 0.0606. The number of ether oxygens (including phenoxy) is 1. The molecule has 1 amide bonds. The smallest absolute Gasteiger partial charge is 0.273 e. The van der Waals surface area contributed by atoms with Crippen molar-refractivity contribution in [1.29, 1.82) is 5.26 Å². The standard InChI is InChI=1S/C32H44N8O3/c1-2-25-20-39(31-28(22-5-6-22)36-29(30(34)37-31)32(42)35-24-7-8-24)13-14-40(25)26-9-11-38(12-10-26)19-23-4-3-21(18-33)17-27(23)43-16-15-41/h3-4,17,22,24-26,41H,2,5-16,19-20H2,1H3,(H2,34,37)(H,35,42)/t25-/m0/s1. The first-order chi connectivity index (χ1) is 21.0. The highest BCUT2D eigenvalue weighted by Crippen LogP contribution is 2.44. The van der Waals surface area contributed by atoms with Gasteiger partial charge in [0.2, 0.25) is 0 Å². The van der Waals surface area contributed by atoms with Crippen molar-refractivity contribution in [3.63, 3.8) is 0 Å². The maximum atomic E-state index is 12.8. The van der Waals surface area contributed by atoms with Crippen LogP contribution in [0.5, 0.6) is 5.75 Å². The van der Waals surface area contributed by atoms with Gasteiger partial charge < -0.3 is 25.8 Å². The molecular weight excluding hydrogens is 544 g/mol. The number of aliphatic hydroxyl groups excluding tert-OH is 1. The van der Waals surface area contributed by atoms with E-state index in [0.717, 1.165) is 101 Å². The van der Waals surface area contributed by atoms with Crippen molar-refractivity contribution in [2.45, 2.75) is 82.5 Å². The fraction of sp³-hybridized carbons (Fsp3) is 0.625. The molecular formula is C32H44N8O3. The van der Waals surface area contributed by atoms with Gasteiger partial charge in [0.05, 0.1) is 23.9 Å². The van der Waals surface area contributed by atoms with Crippen molar-refractivity contribution in [2.75, 3.05) is 56.6 Å². The number of hydrogen-bond acceptors (Lipinski definition) is 10. The quantitative estimate of drug-likeness (QED) is 0.358. The number of hydrogen-bond donors (Lipinski definition) is 3. The number of aromatic nitrogens is 2. The Morgan fingerprint density at radius 2 is 1.93 bits per heavy atom. The second kappa shape index (κ2) is 13.0. The Morgan fingerprint density at radius 1 is 1.14 bits per heavy atom. The van der Waals surface area contributed by atoms with Crippen LogP contribution in [0.3, 0.4) is 0 Å². The molecule has 4 fully saturated rings. The number of aliphatic hydroxyl groups is 1. The third-order valence-electron chi connectivity index (χ3n) is 9.29. The molecule has 11 nitrogen and oxygen atoms in total. The number of anilines is 2. The summed E-state index contributed by atoms with van der Waals surface area (Å²) in [5.74, 6) is 1.95. The summed E-state index contributed by atoms with van der Waals surface area (Å²) in [7, 11) is 0. The molecule has 0 bridgehead atoms. The molecule has 43 heavy (non-hydrogen) atoms. The first kappa shape index (κ1) is 29.6. The third-order valence-corrected chi connectivity index (χ3v) is 9.29. The average Bonchev–Trinajstić information content (AvgIpc) is 3.97. The predicted molar refractivity (Wildman–Crippen MR) is 164 cm³/mol. The van der Waals surface area contributed by atoms with Gasteiger partial charge in [0.15, 0.2) is 17.3 Å². The number of benzene rings is 1. The molecule has 2 saturated heterocycles. The van der Waals surface area contributed by atoms with Crippen LogP contribution >= 0.6 is 0 Å². The van der Waals surface area contributed by atoms with E-state index in [1.54, 1.807) is 6.07 Å². The number of piperazine rings is 1. The monoisotopic (exact) mass is 588 g/mol. The van der Waals surface area contributed by atoms with Crippen molar-refractivity contribution in [3.05, 3.63) is 40.7 Å². The van der Waals surface area contributed by atoms with Gasteiger partial charge in [-0.05, 0) is 70.2 Å². The van der Waals surface area contributed by atoms with Crippen LogP contribution in [0.2, 0.25) is 0 Å². The molecule has 230 valence electrons. The summed E-state index contributed by atoms with van der Waals surface area (Å²) in [4.78, 5) is 29.9. The van der Waals surface area contributed by atoms with E-state index in [2.05, 4.69) is 33.0 Å². The summed E-state index contributed by atoms with van der Waals surface area (Å²) in [6.45, 7) is 7.91. The van der Waals surface area contributed by atoms with Gasteiger partial charge in [-0.15, -0.1) is 0 Å². The van der Waals surface area contributed by atoms with E-state index < -0.39 is 0 Å². The highest BCUT2D eigenvalue weighted by atomic mass is 16.5. The number of amides is 1. The third kappa shape index (κ3) is 6.87. The molecule has 2 aromatic rings. The summed E-state index contributed by atoms with van der Waals surface area (Å²) in [5.41, 5.74) is 9.17. The van der Waals surface area contributed by atoms with Crippen LogP contribution in [0.25, 0.3) is 0 Å². The second-order valence-corrected chi connectivity index (χ2v) is 12.4. The Balaban J connectivity index is 1.08. The van der Waals surface area contributed by atoms with Gasteiger partial charge in [0.25, 0.3) is 5.91 Å². The molecule has 1 aromatic heterocycles. The van der Waals surface area contributed by atoms with Gasteiger partial charge in [-0.1, -0.05) is 13.0 Å². The van der Waals surface area contributed by atoms with Crippen molar-refractivity contribution in [2.24, 2.45) is 0 Å². The topological polar surface area (TPSA) is 144 Å². The van der Waals surface area contributed by atoms with Gasteiger partial charge in [0.1, 0.15) is 12.4 Å². The molecule has 2 aliphatic heterocycles. The minimum Gasteiger partial charge on any atom is -0.491 e. The number of carbonyl (C=O) groups excluding carboxylic acids is 1. The number of piperidine rings is 1. The first-order valence-corrected chi connectivity index (χ1v) is 15.9. The molecule has 0 unspecified atom stereocenters. The predicted octanol–water partition coefficient (Wildman–Crippen LogP) is 2.64. The summed E-state index contributed by atoms with van der Waals surface area (Å²) in [6.07, 6.45) is 7.47. The Labute approximate surface area is 254 Å². The first-order valence-electron chi connectivity index (χ1n) is 15.9. The highest BCUT2D eigenvalue weighted by Gasteiger charge is 2.38. The van der Waals surface area contributed by atoms with E-state index in [4.69, 9.17) is 20.4 Å². The molecule has 4 aliphatic rings. The Bertz CT molecular complexity index is 1350. The lowest BCUT2D eigenvalue weighted by atomic mass is 9.97. The zero-order valence-corrected chi connectivity index (χ0v) is 25.2. The molecule has 4 N–H and O–H groups in total. The van der Waals surface area contributed by atoms with Gasteiger partial charge in [-0.25, -0.2) is 9.97 Å². The van der Waals surface area contributed by atoms with Gasteiger partial charge in [0, 0.05) is 55.8 Å².